The molecule has 0 spiro atoms. The normalized spacial score (nSPS) is 17.5. The maximum Gasteiger partial charge on any atom is 0.414 e. The highest BCUT2D eigenvalue weighted by molar-refractivity contribution is 6.27. The fourth-order valence-electron chi connectivity index (χ4n) is 4.64. The highest BCUT2D eigenvalue weighted by Crippen LogP contribution is 2.37. The molecule has 0 saturated carbocycles. The number of aliphatic carboxylic acids is 2. The van der Waals surface area contributed by atoms with Crippen molar-refractivity contribution in [2.45, 2.75) is 38.0 Å². The predicted octanol–water partition coefficient (Wildman–Crippen LogP) is 3.33. The van der Waals surface area contributed by atoms with Gasteiger partial charge in [-0.3, -0.25) is 0 Å². The van der Waals surface area contributed by atoms with Crippen molar-refractivity contribution >= 4 is 11.9 Å². The Morgan fingerprint density at radius 3 is 2.28 bits per heavy atom. The van der Waals surface area contributed by atoms with E-state index in [0.29, 0.717) is 5.69 Å². The number of carboxylic acids is 2. The monoisotopic (exact) mass is 488 g/mol. The molecule has 0 amide bonds. The van der Waals surface area contributed by atoms with Gasteiger partial charge in [0.2, 0.25) is 0 Å². The molecule has 1 fully saturated rings. The van der Waals surface area contributed by atoms with Crippen LogP contribution in [0.3, 0.4) is 0 Å². The third-order valence-corrected chi connectivity index (χ3v) is 6.50. The minimum absolute atomic E-state index is 0.202. The molecular weight excluding hydrogens is 460 g/mol. The van der Waals surface area contributed by atoms with Crippen LogP contribution < -0.4 is 0 Å². The lowest BCUT2D eigenvalue weighted by Crippen LogP contribution is -2.35. The summed E-state index contributed by atoms with van der Waals surface area (Å²) in [5.41, 5.74) is 4.82. The van der Waals surface area contributed by atoms with Crippen molar-refractivity contribution in [3.05, 3.63) is 77.2 Å². The highest BCUT2D eigenvalue weighted by atomic mass is 16.5. The molecule has 1 aromatic heterocycles. The van der Waals surface area contributed by atoms with E-state index in [2.05, 4.69) is 46.8 Å². The largest absolute Gasteiger partial charge is 0.473 e. The maximum absolute atomic E-state index is 10.0. The van der Waals surface area contributed by atoms with Crippen molar-refractivity contribution in [1.82, 2.24) is 14.5 Å². The molecule has 0 aliphatic carbocycles. The lowest BCUT2D eigenvalue weighted by atomic mass is 10.00. The molecule has 1 unspecified atom stereocenters. The van der Waals surface area contributed by atoms with Crippen LogP contribution in [0.5, 0.6) is 0 Å². The van der Waals surface area contributed by atoms with Crippen LogP contribution in [-0.2, 0) is 27.3 Å². The van der Waals surface area contributed by atoms with E-state index in [9.17, 15) is 5.26 Å². The molecular formula is C27H28N4O5. The second-order valence-corrected chi connectivity index (χ2v) is 8.87. The maximum atomic E-state index is 10.0. The first-order chi connectivity index (χ1) is 17.4. The Morgan fingerprint density at radius 2 is 1.64 bits per heavy atom. The Balaban J connectivity index is 0.000000455. The second kappa shape index (κ2) is 11.2. The lowest BCUT2D eigenvalue weighted by Gasteiger charge is -2.32. The number of benzene rings is 2. The molecule has 9 heteroatoms. The molecule has 9 nitrogen and oxygen atoms in total. The minimum Gasteiger partial charge on any atom is -0.473 e. The van der Waals surface area contributed by atoms with Gasteiger partial charge in [0.1, 0.15) is 29.4 Å². The molecule has 186 valence electrons. The number of rotatable bonds is 3. The van der Waals surface area contributed by atoms with Crippen molar-refractivity contribution in [2.24, 2.45) is 0 Å². The van der Waals surface area contributed by atoms with Gasteiger partial charge >= 0.3 is 11.9 Å². The van der Waals surface area contributed by atoms with Gasteiger partial charge in [0.25, 0.3) is 0 Å². The Labute approximate surface area is 209 Å². The molecule has 2 aliphatic rings. The Bertz CT molecular complexity index is 1260. The van der Waals surface area contributed by atoms with Crippen molar-refractivity contribution < 1.29 is 24.5 Å². The lowest BCUT2D eigenvalue weighted by molar-refractivity contribution is -0.159. The van der Waals surface area contributed by atoms with Crippen LogP contribution in [0, 0.1) is 11.3 Å². The third-order valence-electron chi connectivity index (χ3n) is 6.50. The summed E-state index contributed by atoms with van der Waals surface area (Å²) >= 11 is 0. The topological polar surface area (TPSA) is 129 Å². The first-order valence-corrected chi connectivity index (χ1v) is 11.8. The number of imidazole rings is 1. The highest BCUT2D eigenvalue weighted by Gasteiger charge is 2.32. The van der Waals surface area contributed by atoms with Gasteiger partial charge in [-0.15, -0.1) is 0 Å². The predicted molar refractivity (Wildman–Crippen MR) is 131 cm³/mol. The van der Waals surface area contributed by atoms with E-state index in [1.807, 2.05) is 30.3 Å². The van der Waals surface area contributed by atoms with E-state index < -0.39 is 11.9 Å². The zero-order valence-corrected chi connectivity index (χ0v) is 20.0. The quantitative estimate of drug-likeness (QED) is 0.537. The van der Waals surface area contributed by atoms with Gasteiger partial charge in [-0.2, -0.15) is 5.26 Å². The summed E-state index contributed by atoms with van der Waals surface area (Å²) in [4.78, 5) is 25.6. The number of ether oxygens (including phenoxy) is 1. The molecule has 0 bridgehead atoms. The molecule has 0 radical (unpaired) electrons. The fourth-order valence-corrected chi connectivity index (χ4v) is 4.64. The number of carbonyl (C=O) groups is 2. The Morgan fingerprint density at radius 1 is 1.00 bits per heavy atom. The number of aryl methyl sites for hydroxylation is 1. The average Bonchev–Trinajstić information content (AvgIpc) is 3.19. The van der Waals surface area contributed by atoms with Gasteiger partial charge in [0.05, 0.1) is 6.10 Å². The molecule has 2 aromatic carbocycles. The summed E-state index contributed by atoms with van der Waals surface area (Å²) in [5, 5.41) is 24.8. The molecule has 2 N–H and O–H groups in total. The van der Waals surface area contributed by atoms with Crippen LogP contribution >= 0.6 is 0 Å². The number of hydrogen-bond acceptors (Lipinski definition) is 6. The summed E-state index contributed by atoms with van der Waals surface area (Å²) < 4.78 is 8.83. The summed E-state index contributed by atoms with van der Waals surface area (Å²) in [6.45, 7) is 2.83. The zero-order valence-electron chi connectivity index (χ0n) is 20.0. The van der Waals surface area contributed by atoms with Crippen molar-refractivity contribution in [1.29, 1.82) is 5.26 Å². The smallest absolute Gasteiger partial charge is 0.414 e. The molecule has 1 saturated heterocycles. The van der Waals surface area contributed by atoms with Crippen LogP contribution in [-0.4, -0.2) is 62.8 Å². The minimum atomic E-state index is -1.82. The molecule has 5 rings (SSSR count). The van der Waals surface area contributed by atoms with Crippen molar-refractivity contribution in [3.8, 4) is 17.3 Å². The van der Waals surface area contributed by atoms with Crippen LogP contribution in [0.4, 0.5) is 0 Å². The van der Waals surface area contributed by atoms with Crippen LogP contribution in [0.25, 0.3) is 11.3 Å². The second-order valence-electron chi connectivity index (χ2n) is 8.87. The Hall–Kier alpha value is -4.00. The van der Waals surface area contributed by atoms with Gasteiger partial charge in [-0.05, 0) is 37.4 Å². The van der Waals surface area contributed by atoms with Crippen LogP contribution in [0.1, 0.15) is 41.6 Å². The number of carboxylic acid groups (broad SMARTS) is 2. The number of hydrogen-bond donors (Lipinski definition) is 2. The number of likely N-dealkylation sites (tertiary alicyclic amines) is 1. The molecule has 1 atom stereocenters. The van der Waals surface area contributed by atoms with Gasteiger partial charge in [-0.25, -0.2) is 14.6 Å². The van der Waals surface area contributed by atoms with Gasteiger partial charge < -0.3 is 24.4 Å². The fraction of sp³-hybridized carbons (Fsp3) is 0.333. The van der Waals surface area contributed by atoms with Crippen LogP contribution in [0.15, 0.2) is 54.6 Å². The number of aromatic nitrogens is 2. The van der Waals surface area contributed by atoms with Crippen molar-refractivity contribution in [3.63, 3.8) is 0 Å². The zero-order chi connectivity index (χ0) is 25.7. The van der Waals surface area contributed by atoms with Gasteiger partial charge in [-0.1, -0.05) is 54.6 Å². The number of fused-ring (bicyclic) bond motifs is 2. The summed E-state index contributed by atoms with van der Waals surface area (Å²) in [7, 11) is 2.16. The number of nitriles is 1. The third kappa shape index (κ3) is 5.46. The number of nitrogens with zero attached hydrogens (tertiary/aromatic N) is 4. The first kappa shape index (κ1) is 25.1. The van der Waals surface area contributed by atoms with E-state index in [0.717, 1.165) is 56.0 Å². The number of piperidine rings is 1. The van der Waals surface area contributed by atoms with E-state index >= 15 is 0 Å². The average molecular weight is 489 g/mol. The van der Waals surface area contributed by atoms with Crippen LogP contribution in [0.2, 0.25) is 0 Å². The Kier molecular flexibility index (Phi) is 7.78. The molecule has 3 heterocycles. The SMILES string of the molecule is CN1CCC(OC2c3ccccc3CCn3c2nc(-c2ccccc2)c3C#N)CC1.O=C(O)C(=O)O. The molecule has 3 aromatic rings. The molecule has 36 heavy (non-hydrogen) atoms. The van der Waals surface area contributed by atoms with E-state index in [4.69, 9.17) is 29.5 Å². The summed E-state index contributed by atoms with van der Waals surface area (Å²) in [5.74, 6) is -2.79. The standard InChI is InChI=1S/C25H26N4O.C2H2O4/c1-28-14-12-20(13-15-28)30-24-21-10-6-5-7-18(21)11-16-29-22(17-26)23(27-25(24)29)19-8-3-2-4-9-19;3-1(4)2(5)6/h2-10,20,24H,11-16H2,1H3;(H,3,4)(H,5,6). The molecule has 2 aliphatic heterocycles. The van der Waals surface area contributed by atoms with Gasteiger partial charge in [0.15, 0.2) is 0 Å². The van der Waals surface area contributed by atoms with E-state index in [1.165, 1.54) is 11.1 Å². The van der Waals surface area contributed by atoms with E-state index in [1.54, 1.807) is 0 Å². The summed E-state index contributed by atoms with van der Waals surface area (Å²) in [6, 6.07) is 20.9. The van der Waals surface area contributed by atoms with Crippen molar-refractivity contribution in [2.75, 3.05) is 20.1 Å². The first-order valence-electron chi connectivity index (χ1n) is 11.8. The van der Waals surface area contributed by atoms with Gasteiger partial charge in [0, 0.05) is 25.2 Å². The summed E-state index contributed by atoms with van der Waals surface area (Å²) in [6.07, 6.45) is 2.87. The van der Waals surface area contributed by atoms with E-state index in [-0.39, 0.29) is 12.2 Å².